The van der Waals surface area contributed by atoms with Crippen LogP contribution in [0.15, 0.2) is 42.5 Å². The number of benzene rings is 2. The van der Waals surface area contributed by atoms with Gasteiger partial charge in [-0.25, -0.2) is 4.39 Å². The predicted octanol–water partition coefficient (Wildman–Crippen LogP) is 3.22. The van der Waals surface area contributed by atoms with Gasteiger partial charge in [0.1, 0.15) is 5.82 Å². The molecule has 0 saturated heterocycles. The highest BCUT2D eigenvalue weighted by molar-refractivity contribution is 6.34. The summed E-state index contributed by atoms with van der Waals surface area (Å²) >= 11 is 5.81. The Labute approximate surface area is 114 Å². The Bertz CT molecular complexity index is 616. The van der Waals surface area contributed by atoms with Crippen LogP contribution in [0, 0.1) is 5.82 Å². The van der Waals surface area contributed by atoms with Crippen LogP contribution in [0.4, 0.5) is 10.1 Å². The molecule has 2 aromatic carbocycles. The van der Waals surface area contributed by atoms with E-state index in [0.29, 0.717) is 11.3 Å². The lowest BCUT2D eigenvalue weighted by molar-refractivity contribution is 0.102. The summed E-state index contributed by atoms with van der Waals surface area (Å²) in [5.41, 5.74) is 1.41. The number of nitrogens with one attached hydrogen (secondary N) is 1. The second kappa shape index (κ2) is 5.82. The highest BCUT2D eigenvalue weighted by Gasteiger charge is 2.11. The minimum atomic E-state index is -0.496. The van der Waals surface area contributed by atoms with Gasteiger partial charge in [0.05, 0.1) is 17.2 Å². The fraction of sp³-hybridized carbons (Fsp3) is 0.0714. The van der Waals surface area contributed by atoms with Gasteiger partial charge in [-0.1, -0.05) is 23.7 Å². The van der Waals surface area contributed by atoms with Gasteiger partial charge in [-0.05, 0) is 35.9 Å². The molecule has 0 bridgehead atoms. The number of anilines is 1. The van der Waals surface area contributed by atoms with E-state index in [9.17, 15) is 9.18 Å². The van der Waals surface area contributed by atoms with E-state index < -0.39 is 11.7 Å². The van der Waals surface area contributed by atoms with Gasteiger partial charge in [0, 0.05) is 5.69 Å². The van der Waals surface area contributed by atoms with Crippen molar-refractivity contribution >= 4 is 23.2 Å². The third kappa shape index (κ3) is 3.30. The summed E-state index contributed by atoms with van der Waals surface area (Å²) in [5, 5.41) is 11.7. The van der Waals surface area contributed by atoms with Gasteiger partial charge in [-0.3, -0.25) is 4.79 Å². The molecular weight excluding hydrogens is 269 g/mol. The molecule has 3 nitrogen and oxygen atoms in total. The van der Waals surface area contributed by atoms with Crippen LogP contribution < -0.4 is 5.32 Å². The van der Waals surface area contributed by atoms with Gasteiger partial charge in [0.25, 0.3) is 5.91 Å². The van der Waals surface area contributed by atoms with Crippen LogP contribution in [0.3, 0.4) is 0 Å². The second-order valence-corrected chi connectivity index (χ2v) is 4.34. The molecule has 0 heterocycles. The molecule has 0 fully saturated rings. The molecule has 2 N–H and O–H groups in total. The Hall–Kier alpha value is -1.91. The zero-order chi connectivity index (χ0) is 13.8. The second-order valence-electron chi connectivity index (χ2n) is 3.94. The molecule has 0 aliphatic carbocycles. The minimum Gasteiger partial charge on any atom is -0.392 e. The highest BCUT2D eigenvalue weighted by atomic mass is 35.5. The number of rotatable bonds is 3. The Kier molecular flexibility index (Phi) is 4.14. The molecule has 2 rings (SSSR count). The van der Waals surface area contributed by atoms with Gasteiger partial charge in [-0.2, -0.15) is 0 Å². The maximum atomic E-state index is 12.9. The molecule has 98 valence electrons. The Morgan fingerprint density at radius 2 is 2.05 bits per heavy atom. The van der Waals surface area contributed by atoms with Crippen molar-refractivity contribution in [1.29, 1.82) is 0 Å². The van der Waals surface area contributed by atoms with Crippen LogP contribution in [0.1, 0.15) is 15.9 Å². The molecule has 19 heavy (non-hydrogen) atoms. The molecular formula is C14H11ClFNO2. The van der Waals surface area contributed by atoms with Crippen LogP contribution >= 0.6 is 11.6 Å². The van der Waals surface area contributed by atoms with E-state index in [4.69, 9.17) is 16.7 Å². The topological polar surface area (TPSA) is 49.3 Å². The molecule has 0 saturated carbocycles. The van der Waals surface area contributed by atoms with Crippen molar-refractivity contribution in [3.63, 3.8) is 0 Å². The SMILES string of the molecule is O=C(Nc1cccc(CO)c1)c1ccc(F)cc1Cl. The zero-order valence-electron chi connectivity index (χ0n) is 9.86. The van der Waals surface area contributed by atoms with E-state index in [1.165, 1.54) is 12.1 Å². The lowest BCUT2D eigenvalue weighted by atomic mass is 10.1. The molecule has 5 heteroatoms. The Morgan fingerprint density at radius 1 is 1.26 bits per heavy atom. The Morgan fingerprint density at radius 3 is 2.74 bits per heavy atom. The highest BCUT2D eigenvalue weighted by Crippen LogP contribution is 2.19. The monoisotopic (exact) mass is 279 g/mol. The fourth-order valence-corrected chi connectivity index (χ4v) is 1.87. The van der Waals surface area contributed by atoms with Crippen molar-refractivity contribution in [2.75, 3.05) is 5.32 Å². The van der Waals surface area contributed by atoms with E-state index in [0.717, 1.165) is 6.07 Å². The van der Waals surface area contributed by atoms with Crippen LogP contribution in [0.5, 0.6) is 0 Å². The minimum absolute atomic E-state index is 0.0517. The fourth-order valence-electron chi connectivity index (χ4n) is 1.62. The quantitative estimate of drug-likeness (QED) is 0.906. The maximum Gasteiger partial charge on any atom is 0.257 e. The number of halogens is 2. The van der Waals surface area contributed by atoms with Crippen LogP contribution in [-0.4, -0.2) is 11.0 Å². The average molecular weight is 280 g/mol. The van der Waals surface area contributed by atoms with Gasteiger partial charge >= 0.3 is 0 Å². The smallest absolute Gasteiger partial charge is 0.257 e. The number of hydrogen-bond donors (Lipinski definition) is 2. The molecule has 0 aromatic heterocycles. The lowest BCUT2D eigenvalue weighted by Gasteiger charge is -2.07. The van der Waals surface area contributed by atoms with Crippen LogP contribution in [-0.2, 0) is 6.61 Å². The number of amides is 1. The summed E-state index contributed by atoms with van der Waals surface area (Å²) in [6.07, 6.45) is 0. The molecule has 0 aliphatic heterocycles. The summed E-state index contributed by atoms with van der Waals surface area (Å²) in [6, 6.07) is 10.4. The molecule has 1 amide bonds. The standard InChI is InChI=1S/C14H11ClFNO2/c15-13-7-10(16)4-5-12(13)14(19)17-11-3-1-2-9(6-11)8-18/h1-7,18H,8H2,(H,17,19). The van der Waals surface area contributed by atoms with Gasteiger partial charge in [0.15, 0.2) is 0 Å². The third-order valence-electron chi connectivity index (χ3n) is 2.54. The van der Waals surface area contributed by atoms with Crippen LogP contribution in [0.25, 0.3) is 0 Å². The zero-order valence-corrected chi connectivity index (χ0v) is 10.6. The first-order valence-electron chi connectivity index (χ1n) is 5.56. The first kappa shape index (κ1) is 13.5. The molecule has 0 aliphatic rings. The number of carbonyl (C=O) groups is 1. The summed E-state index contributed by atoms with van der Waals surface area (Å²) in [6.45, 7) is -0.110. The van der Waals surface area contributed by atoms with E-state index in [-0.39, 0.29) is 17.2 Å². The number of aliphatic hydroxyl groups is 1. The van der Waals surface area contributed by atoms with Gasteiger partial charge in [0.2, 0.25) is 0 Å². The molecule has 0 spiro atoms. The van der Waals surface area contributed by atoms with Crippen molar-refractivity contribution in [3.05, 3.63) is 64.4 Å². The van der Waals surface area contributed by atoms with Crippen molar-refractivity contribution in [2.24, 2.45) is 0 Å². The molecule has 0 radical (unpaired) electrons. The number of carbonyl (C=O) groups excluding carboxylic acids is 1. The summed E-state index contributed by atoms with van der Waals surface area (Å²) in [4.78, 5) is 12.0. The summed E-state index contributed by atoms with van der Waals surface area (Å²) in [7, 11) is 0. The number of hydrogen-bond acceptors (Lipinski definition) is 2. The maximum absolute atomic E-state index is 12.9. The third-order valence-corrected chi connectivity index (χ3v) is 2.86. The largest absolute Gasteiger partial charge is 0.392 e. The summed E-state index contributed by atoms with van der Waals surface area (Å²) < 4.78 is 12.9. The molecule has 2 aromatic rings. The number of aliphatic hydroxyl groups excluding tert-OH is 1. The molecule has 0 unspecified atom stereocenters. The van der Waals surface area contributed by atoms with Crippen molar-refractivity contribution in [1.82, 2.24) is 0 Å². The van der Waals surface area contributed by atoms with Crippen molar-refractivity contribution in [3.8, 4) is 0 Å². The van der Waals surface area contributed by atoms with Gasteiger partial charge < -0.3 is 10.4 Å². The van der Waals surface area contributed by atoms with E-state index in [1.807, 2.05) is 0 Å². The van der Waals surface area contributed by atoms with Crippen molar-refractivity contribution < 1.29 is 14.3 Å². The first-order chi connectivity index (χ1) is 9.10. The lowest BCUT2D eigenvalue weighted by Crippen LogP contribution is -2.12. The predicted molar refractivity (Wildman–Crippen MR) is 71.7 cm³/mol. The van der Waals surface area contributed by atoms with E-state index >= 15 is 0 Å². The summed E-state index contributed by atoms with van der Waals surface area (Å²) in [5.74, 6) is -0.927. The van der Waals surface area contributed by atoms with Crippen LogP contribution in [0.2, 0.25) is 5.02 Å². The molecule has 0 atom stereocenters. The first-order valence-corrected chi connectivity index (χ1v) is 5.94. The average Bonchev–Trinajstić information content (AvgIpc) is 2.38. The Balaban J connectivity index is 2.20. The van der Waals surface area contributed by atoms with Crippen molar-refractivity contribution in [2.45, 2.75) is 6.61 Å². The normalized spacial score (nSPS) is 10.3. The van der Waals surface area contributed by atoms with Gasteiger partial charge in [-0.15, -0.1) is 0 Å². The van der Waals surface area contributed by atoms with E-state index in [1.54, 1.807) is 24.3 Å². The van der Waals surface area contributed by atoms with E-state index in [2.05, 4.69) is 5.32 Å².